The van der Waals surface area contributed by atoms with Crippen LogP contribution in [0.15, 0.2) is 42.5 Å². The van der Waals surface area contributed by atoms with E-state index in [1.165, 1.54) is 5.56 Å². The summed E-state index contributed by atoms with van der Waals surface area (Å²) in [6.07, 6.45) is 1.10. The Morgan fingerprint density at radius 1 is 0.897 bits per heavy atom. The summed E-state index contributed by atoms with van der Waals surface area (Å²) in [5.41, 5.74) is 10.3. The van der Waals surface area contributed by atoms with Crippen molar-refractivity contribution in [3.63, 3.8) is 0 Å². The zero-order chi connectivity index (χ0) is 20.0. The molecular weight excluding hydrogens is 368 g/mol. The monoisotopic (exact) mass is 392 g/mol. The molecule has 2 heterocycles. The molecule has 3 aliphatic rings. The lowest BCUT2D eigenvalue weighted by Crippen LogP contribution is -2.53. The number of carbonyl (C=O) groups is 2. The largest absolute Gasteiger partial charge is 0.380 e. The van der Waals surface area contributed by atoms with E-state index in [1.807, 2.05) is 24.3 Å². The summed E-state index contributed by atoms with van der Waals surface area (Å²) in [5.74, 6) is -0.207. The van der Waals surface area contributed by atoms with Crippen LogP contribution in [0.1, 0.15) is 28.8 Å². The number of anilines is 1. The lowest BCUT2D eigenvalue weighted by molar-refractivity contribution is -0.143. The highest BCUT2D eigenvalue weighted by atomic mass is 16.3. The van der Waals surface area contributed by atoms with Gasteiger partial charge in [-0.2, -0.15) is 0 Å². The molecule has 0 atom stereocenters. The van der Waals surface area contributed by atoms with Gasteiger partial charge in [0.25, 0.3) is 11.8 Å². The predicted molar refractivity (Wildman–Crippen MR) is 109 cm³/mol. The van der Waals surface area contributed by atoms with Crippen LogP contribution in [0.2, 0.25) is 0 Å². The zero-order valence-electron chi connectivity index (χ0n) is 16.1. The average Bonchev–Trinajstić information content (AvgIpc) is 3.34. The van der Waals surface area contributed by atoms with Crippen LogP contribution in [0, 0.1) is 0 Å². The van der Waals surface area contributed by atoms with E-state index in [0.717, 1.165) is 23.4 Å². The van der Waals surface area contributed by atoms with Gasteiger partial charge in [0, 0.05) is 38.3 Å². The number of aliphatic hydroxyl groups is 1. The van der Waals surface area contributed by atoms with Crippen molar-refractivity contribution in [2.24, 2.45) is 0 Å². The molecule has 1 saturated heterocycles. The molecule has 7 nitrogen and oxygen atoms in total. The summed E-state index contributed by atoms with van der Waals surface area (Å²) in [6, 6.07) is 14.0. The normalized spacial score (nSPS) is 19.5. The summed E-state index contributed by atoms with van der Waals surface area (Å²) in [5, 5.41) is 9.99. The van der Waals surface area contributed by atoms with E-state index in [0.29, 0.717) is 44.6 Å². The Kier molecular flexibility index (Phi) is 4.29. The molecule has 1 saturated carbocycles. The van der Waals surface area contributed by atoms with E-state index in [9.17, 15) is 14.7 Å². The van der Waals surface area contributed by atoms with E-state index in [1.54, 1.807) is 9.80 Å². The van der Waals surface area contributed by atoms with Crippen LogP contribution < -0.4 is 10.9 Å². The van der Waals surface area contributed by atoms with Gasteiger partial charge in [0.1, 0.15) is 5.60 Å². The molecule has 2 aromatic rings. The minimum absolute atomic E-state index is 0.0198. The Hall–Kier alpha value is -2.90. The molecule has 2 amide bonds. The van der Waals surface area contributed by atoms with Crippen LogP contribution in [-0.4, -0.2) is 58.5 Å². The number of amides is 2. The molecular formula is C22H24N4O3. The minimum Gasteiger partial charge on any atom is -0.380 e. The lowest BCUT2D eigenvalue weighted by atomic mass is 10.0. The maximum Gasteiger partial charge on any atom is 0.254 e. The molecule has 3 N–H and O–H groups in total. The molecule has 1 aliphatic carbocycles. The van der Waals surface area contributed by atoms with Gasteiger partial charge in [0.2, 0.25) is 0 Å². The van der Waals surface area contributed by atoms with Crippen molar-refractivity contribution >= 4 is 17.5 Å². The van der Waals surface area contributed by atoms with E-state index >= 15 is 0 Å². The topological polar surface area (TPSA) is 84.9 Å². The van der Waals surface area contributed by atoms with Gasteiger partial charge in [-0.25, -0.2) is 5.43 Å². The van der Waals surface area contributed by atoms with Gasteiger partial charge >= 0.3 is 0 Å². The SMILES string of the molecule is O=C(c1ccc(-c2ccc3c(c2)NNC3)cc1)N1CCN(C(=O)C2(O)CC2)CC1. The van der Waals surface area contributed by atoms with Gasteiger partial charge in [-0.05, 0) is 47.7 Å². The third kappa shape index (κ3) is 3.36. The zero-order valence-corrected chi connectivity index (χ0v) is 16.1. The summed E-state index contributed by atoms with van der Waals surface area (Å²) in [7, 11) is 0. The van der Waals surface area contributed by atoms with E-state index in [4.69, 9.17) is 0 Å². The van der Waals surface area contributed by atoms with Crippen molar-refractivity contribution in [1.82, 2.24) is 15.2 Å². The molecule has 2 aliphatic heterocycles. The maximum atomic E-state index is 12.8. The molecule has 2 fully saturated rings. The summed E-state index contributed by atoms with van der Waals surface area (Å²) in [4.78, 5) is 28.5. The maximum absolute atomic E-state index is 12.8. The van der Waals surface area contributed by atoms with Crippen LogP contribution in [0.3, 0.4) is 0 Å². The molecule has 0 aromatic heterocycles. The molecule has 7 heteroatoms. The number of carbonyl (C=O) groups excluding carboxylic acids is 2. The predicted octanol–water partition coefficient (Wildman–Crippen LogP) is 1.59. The number of hydrogen-bond acceptors (Lipinski definition) is 5. The van der Waals surface area contributed by atoms with Crippen molar-refractivity contribution in [2.45, 2.75) is 25.0 Å². The lowest BCUT2D eigenvalue weighted by Gasteiger charge is -2.35. The Bertz CT molecular complexity index is 961. The number of hydrazine groups is 1. The standard InChI is InChI=1S/C22H24N4O3/c27-20(25-9-11-26(12-10-25)21(28)22(29)7-8-22)16-3-1-15(2-4-16)17-5-6-18-14-23-24-19(18)13-17/h1-6,13,23-24,29H,7-12,14H2. The van der Waals surface area contributed by atoms with Crippen LogP contribution in [-0.2, 0) is 11.3 Å². The molecule has 0 radical (unpaired) electrons. The van der Waals surface area contributed by atoms with E-state index in [2.05, 4.69) is 29.1 Å². The Morgan fingerprint density at radius 2 is 1.55 bits per heavy atom. The number of hydrogen-bond donors (Lipinski definition) is 3. The molecule has 29 heavy (non-hydrogen) atoms. The van der Waals surface area contributed by atoms with Gasteiger partial charge in [0.15, 0.2) is 0 Å². The second kappa shape index (κ2) is 6.86. The van der Waals surface area contributed by atoms with Gasteiger partial charge in [-0.1, -0.05) is 24.3 Å². The third-order valence-corrected chi connectivity index (χ3v) is 6.05. The van der Waals surface area contributed by atoms with Crippen LogP contribution in [0.4, 0.5) is 5.69 Å². The number of benzene rings is 2. The number of piperazine rings is 1. The molecule has 5 rings (SSSR count). The highest BCUT2D eigenvalue weighted by Crippen LogP contribution is 2.37. The first-order valence-corrected chi connectivity index (χ1v) is 10.1. The number of fused-ring (bicyclic) bond motifs is 1. The minimum atomic E-state index is -1.13. The Morgan fingerprint density at radius 3 is 2.24 bits per heavy atom. The first-order chi connectivity index (χ1) is 14.0. The molecule has 2 aromatic carbocycles. The number of nitrogens with one attached hydrogen (secondary N) is 2. The van der Waals surface area contributed by atoms with E-state index < -0.39 is 5.60 Å². The van der Waals surface area contributed by atoms with Crippen molar-refractivity contribution in [3.8, 4) is 11.1 Å². The number of rotatable bonds is 3. The highest BCUT2D eigenvalue weighted by Gasteiger charge is 2.50. The summed E-state index contributed by atoms with van der Waals surface area (Å²) >= 11 is 0. The fraction of sp³-hybridized carbons (Fsp3) is 0.364. The smallest absolute Gasteiger partial charge is 0.254 e. The molecule has 0 unspecified atom stereocenters. The van der Waals surface area contributed by atoms with Gasteiger partial charge in [-0.15, -0.1) is 0 Å². The van der Waals surface area contributed by atoms with Crippen molar-refractivity contribution in [3.05, 3.63) is 53.6 Å². The molecule has 0 spiro atoms. The van der Waals surface area contributed by atoms with Crippen molar-refractivity contribution in [2.75, 3.05) is 31.6 Å². The van der Waals surface area contributed by atoms with Gasteiger partial charge in [-0.3, -0.25) is 9.59 Å². The van der Waals surface area contributed by atoms with Crippen LogP contribution in [0.25, 0.3) is 11.1 Å². The summed E-state index contributed by atoms with van der Waals surface area (Å²) < 4.78 is 0. The Balaban J connectivity index is 1.23. The average molecular weight is 392 g/mol. The number of nitrogens with zero attached hydrogens (tertiary/aromatic N) is 2. The van der Waals surface area contributed by atoms with Crippen molar-refractivity contribution in [1.29, 1.82) is 0 Å². The fourth-order valence-corrected chi connectivity index (χ4v) is 3.99. The summed E-state index contributed by atoms with van der Waals surface area (Å²) in [6.45, 7) is 2.75. The van der Waals surface area contributed by atoms with Crippen LogP contribution >= 0.6 is 0 Å². The van der Waals surface area contributed by atoms with Crippen molar-refractivity contribution < 1.29 is 14.7 Å². The quantitative estimate of drug-likeness (QED) is 0.739. The van der Waals surface area contributed by atoms with Gasteiger partial charge in [0.05, 0.1) is 5.69 Å². The highest BCUT2D eigenvalue weighted by molar-refractivity contribution is 5.95. The molecule has 0 bridgehead atoms. The van der Waals surface area contributed by atoms with Crippen LogP contribution in [0.5, 0.6) is 0 Å². The first-order valence-electron chi connectivity index (χ1n) is 10.1. The van der Waals surface area contributed by atoms with Gasteiger partial charge < -0.3 is 20.3 Å². The third-order valence-electron chi connectivity index (χ3n) is 6.05. The second-order valence-electron chi connectivity index (χ2n) is 8.04. The Labute approximate surface area is 169 Å². The fourth-order valence-electron chi connectivity index (χ4n) is 3.99. The second-order valence-corrected chi connectivity index (χ2v) is 8.04. The first kappa shape index (κ1) is 18.1. The van der Waals surface area contributed by atoms with E-state index in [-0.39, 0.29) is 11.8 Å². The molecule has 150 valence electrons.